The Balaban J connectivity index is 1.78. The van der Waals surface area contributed by atoms with Crippen LogP contribution in [-0.4, -0.2) is 44.3 Å². The van der Waals surface area contributed by atoms with Gasteiger partial charge in [0.05, 0.1) is 10.6 Å². The van der Waals surface area contributed by atoms with E-state index in [1.807, 2.05) is 50.2 Å². The summed E-state index contributed by atoms with van der Waals surface area (Å²) in [5.74, 6) is -0.838. The maximum atomic E-state index is 14.3. The van der Waals surface area contributed by atoms with E-state index in [0.29, 0.717) is 17.3 Å². The Kier molecular flexibility index (Phi) is 10.4. The second-order valence-corrected chi connectivity index (χ2v) is 12.2. The minimum Gasteiger partial charge on any atom is -0.355 e. The summed E-state index contributed by atoms with van der Waals surface area (Å²) in [6.07, 6.45) is 0.252. The summed E-state index contributed by atoms with van der Waals surface area (Å²) < 4.78 is 29.0. The molecule has 4 aromatic carbocycles. The van der Waals surface area contributed by atoms with Crippen LogP contribution in [0.4, 0.5) is 5.69 Å². The van der Waals surface area contributed by atoms with Crippen LogP contribution >= 0.6 is 11.6 Å². The van der Waals surface area contributed by atoms with Crippen LogP contribution in [0.1, 0.15) is 23.6 Å². The molecule has 4 rings (SSSR count). The lowest BCUT2D eigenvalue weighted by Crippen LogP contribution is -2.53. The average molecular weight is 604 g/mol. The van der Waals surface area contributed by atoms with E-state index >= 15 is 0 Å². The number of nitrogens with zero attached hydrogens (tertiary/aromatic N) is 2. The molecular weight excluding hydrogens is 570 g/mol. The van der Waals surface area contributed by atoms with E-state index in [2.05, 4.69) is 5.32 Å². The zero-order valence-corrected chi connectivity index (χ0v) is 25.2. The van der Waals surface area contributed by atoms with Gasteiger partial charge in [-0.05, 0) is 66.9 Å². The highest BCUT2D eigenvalue weighted by atomic mass is 35.5. The molecule has 218 valence electrons. The van der Waals surface area contributed by atoms with Crippen molar-refractivity contribution >= 4 is 39.1 Å². The number of anilines is 1. The Bertz CT molecular complexity index is 1600. The van der Waals surface area contributed by atoms with Crippen LogP contribution in [0.15, 0.2) is 114 Å². The summed E-state index contributed by atoms with van der Waals surface area (Å²) >= 11 is 6.11. The van der Waals surface area contributed by atoms with Gasteiger partial charge in [0, 0.05) is 24.5 Å². The molecular formula is C33H34ClN3O4S. The average Bonchev–Trinajstić information content (AvgIpc) is 2.99. The molecule has 2 amide bonds. The van der Waals surface area contributed by atoms with Crippen LogP contribution in [0.5, 0.6) is 0 Å². The van der Waals surface area contributed by atoms with Crippen molar-refractivity contribution in [2.24, 2.45) is 0 Å². The van der Waals surface area contributed by atoms with E-state index in [0.717, 1.165) is 21.0 Å². The fourth-order valence-corrected chi connectivity index (χ4v) is 6.22. The van der Waals surface area contributed by atoms with Gasteiger partial charge in [-0.25, -0.2) is 8.42 Å². The number of halogens is 1. The summed E-state index contributed by atoms with van der Waals surface area (Å²) in [5, 5.41) is 3.40. The van der Waals surface area contributed by atoms with Crippen molar-refractivity contribution < 1.29 is 18.0 Å². The molecule has 0 saturated carbocycles. The third kappa shape index (κ3) is 7.78. The molecule has 0 aromatic heterocycles. The third-order valence-corrected chi connectivity index (χ3v) is 8.83. The summed E-state index contributed by atoms with van der Waals surface area (Å²) in [6, 6.07) is 30.6. The maximum absolute atomic E-state index is 14.3. The van der Waals surface area contributed by atoms with Crippen molar-refractivity contribution in [3.8, 4) is 0 Å². The van der Waals surface area contributed by atoms with Crippen LogP contribution < -0.4 is 9.62 Å². The van der Waals surface area contributed by atoms with Crippen molar-refractivity contribution in [1.29, 1.82) is 0 Å². The van der Waals surface area contributed by atoms with Crippen LogP contribution in [0.25, 0.3) is 0 Å². The molecule has 0 aliphatic carbocycles. The van der Waals surface area contributed by atoms with E-state index in [-0.39, 0.29) is 23.8 Å². The highest BCUT2D eigenvalue weighted by Crippen LogP contribution is 2.26. The van der Waals surface area contributed by atoms with Crippen LogP contribution in [0.2, 0.25) is 5.02 Å². The van der Waals surface area contributed by atoms with Crippen molar-refractivity contribution in [1.82, 2.24) is 10.2 Å². The first-order chi connectivity index (χ1) is 20.2. The lowest BCUT2D eigenvalue weighted by atomic mass is 10.0. The number of sulfonamides is 1. The minimum absolute atomic E-state index is 0.0631. The van der Waals surface area contributed by atoms with E-state index in [1.54, 1.807) is 60.7 Å². The van der Waals surface area contributed by atoms with E-state index in [1.165, 1.54) is 17.0 Å². The van der Waals surface area contributed by atoms with Crippen LogP contribution in [0.3, 0.4) is 0 Å². The monoisotopic (exact) mass is 603 g/mol. The van der Waals surface area contributed by atoms with Gasteiger partial charge in [-0.15, -0.1) is 0 Å². The first-order valence-electron chi connectivity index (χ1n) is 13.7. The van der Waals surface area contributed by atoms with E-state index in [4.69, 9.17) is 11.6 Å². The van der Waals surface area contributed by atoms with Gasteiger partial charge < -0.3 is 10.2 Å². The summed E-state index contributed by atoms with van der Waals surface area (Å²) in [5.41, 5.74) is 2.82. The molecule has 0 aliphatic rings. The molecule has 9 heteroatoms. The molecule has 7 nitrogen and oxygen atoms in total. The fourth-order valence-electron chi connectivity index (χ4n) is 4.66. The molecule has 0 bridgehead atoms. The Morgan fingerprint density at radius 2 is 1.48 bits per heavy atom. The molecule has 0 radical (unpaired) electrons. The minimum atomic E-state index is -4.13. The number of nitrogens with one attached hydrogen (secondary N) is 1. The van der Waals surface area contributed by atoms with Gasteiger partial charge >= 0.3 is 0 Å². The third-order valence-electron chi connectivity index (χ3n) is 6.79. The van der Waals surface area contributed by atoms with Gasteiger partial charge in [-0.1, -0.05) is 84.4 Å². The Labute approximate surface area is 252 Å². The van der Waals surface area contributed by atoms with Crippen LogP contribution in [0, 0.1) is 6.92 Å². The molecule has 0 fully saturated rings. The van der Waals surface area contributed by atoms with E-state index in [9.17, 15) is 18.0 Å². The van der Waals surface area contributed by atoms with Gasteiger partial charge in [0.2, 0.25) is 11.8 Å². The smallest absolute Gasteiger partial charge is 0.264 e. The largest absolute Gasteiger partial charge is 0.355 e. The number of rotatable bonds is 12. The molecule has 0 spiro atoms. The number of carbonyl (C=O) groups is 2. The molecule has 0 saturated heterocycles. The highest BCUT2D eigenvalue weighted by molar-refractivity contribution is 7.92. The summed E-state index contributed by atoms with van der Waals surface area (Å²) in [6.45, 7) is 3.63. The zero-order valence-electron chi connectivity index (χ0n) is 23.6. The number of likely N-dealkylation sites (N-methyl/N-ethyl adjacent to an activating group) is 1. The quantitative estimate of drug-likeness (QED) is 0.228. The van der Waals surface area contributed by atoms with Gasteiger partial charge in [0.1, 0.15) is 12.6 Å². The Morgan fingerprint density at radius 3 is 2.10 bits per heavy atom. The van der Waals surface area contributed by atoms with Gasteiger partial charge in [-0.2, -0.15) is 0 Å². The SMILES string of the molecule is CCNC(=O)[C@@H](Cc1ccccc1)N(Cc1ccc(Cl)cc1)C(=O)CN(c1cccc(C)c1)S(=O)(=O)c1ccccc1. The fraction of sp³-hybridized carbons (Fsp3) is 0.212. The number of hydrogen-bond donors (Lipinski definition) is 1. The first-order valence-corrected chi connectivity index (χ1v) is 15.5. The predicted octanol–water partition coefficient (Wildman–Crippen LogP) is 5.62. The lowest BCUT2D eigenvalue weighted by Gasteiger charge is -2.34. The molecule has 1 N–H and O–H groups in total. The zero-order chi connectivity index (χ0) is 30.1. The highest BCUT2D eigenvalue weighted by Gasteiger charge is 2.34. The lowest BCUT2D eigenvalue weighted by molar-refractivity contribution is -0.140. The number of benzene rings is 4. The number of amides is 2. The topological polar surface area (TPSA) is 86.8 Å². The van der Waals surface area contributed by atoms with Crippen molar-refractivity contribution in [3.63, 3.8) is 0 Å². The molecule has 1 atom stereocenters. The standard InChI is InChI=1S/C33H34ClN3O4S/c1-3-35-33(39)31(22-26-12-6-4-7-13-26)36(23-27-17-19-28(34)20-18-27)32(38)24-37(29-14-10-11-25(2)21-29)42(40,41)30-15-8-5-9-16-30/h4-21,31H,3,22-24H2,1-2H3,(H,35,39)/t31-/m1/s1. The molecule has 0 unspecified atom stereocenters. The summed E-state index contributed by atoms with van der Waals surface area (Å²) in [7, 11) is -4.13. The predicted molar refractivity (Wildman–Crippen MR) is 167 cm³/mol. The molecule has 42 heavy (non-hydrogen) atoms. The van der Waals surface area contributed by atoms with Crippen molar-refractivity contribution in [2.45, 2.75) is 37.8 Å². The molecule has 0 heterocycles. The maximum Gasteiger partial charge on any atom is 0.264 e. The number of carbonyl (C=O) groups excluding carboxylic acids is 2. The second-order valence-electron chi connectivity index (χ2n) is 9.91. The van der Waals surface area contributed by atoms with Gasteiger partial charge in [-0.3, -0.25) is 13.9 Å². The van der Waals surface area contributed by atoms with E-state index < -0.39 is 28.5 Å². The van der Waals surface area contributed by atoms with Crippen molar-refractivity contribution in [2.75, 3.05) is 17.4 Å². The van der Waals surface area contributed by atoms with Crippen molar-refractivity contribution in [3.05, 3.63) is 131 Å². The Morgan fingerprint density at radius 1 is 0.833 bits per heavy atom. The molecule has 4 aromatic rings. The van der Waals surface area contributed by atoms with Crippen LogP contribution in [-0.2, 0) is 32.6 Å². The number of hydrogen-bond acceptors (Lipinski definition) is 4. The second kappa shape index (κ2) is 14.2. The molecule has 0 aliphatic heterocycles. The Hall–Kier alpha value is -4.14. The van der Waals surface area contributed by atoms with Gasteiger partial charge in [0.25, 0.3) is 10.0 Å². The van der Waals surface area contributed by atoms with Gasteiger partial charge in [0.15, 0.2) is 0 Å². The number of aryl methyl sites for hydroxylation is 1. The normalized spacial score (nSPS) is 11.9. The summed E-state index contributed by atoms with van der Waals surface area (Å²) in [4.78, 5) is 29.3. The first kappa shape index (κ1) is 30.8.